The Morgan fingerprint density at radius 2 is 2.62 bits per heavy atom. The maximum atomic E-state index is 10.6. The summed E-state index contributed by atoms with van der Waals surface area (Å²) in [6.07, 6.45) is 4.39. The number of H-pyrrole nitrogens is 1. The first kappa shape index (κ1) is 8.19. The van der Waals surface area contributed by atoms with Gasteiger partial charge in [0.05, 0.1) is 12.6 Å². The van der Waals surface area contributed by atoms with Crippen LogP contribution in [-0.2, 0) is 4.74 Å². The minimum absolute atomic E-state index is 0.0120. The summed E-state index contributed by atoms with van der Waals surface area (Å²) in [5.41, 5.74) is 1.41. The summed E-state index contributed by atoms with van der Waals surface area (Å²) in [5.74, 6) is 0. The van der Waals surface area contributed by atoms with Crippen LogP contribution in [0.2, 0.25) is 0 Å². The van der Waals surface area contributed by atoms with Crippen molar-refractivity contribution in [3.05, 3.63) is 22.5 Å². The number of carbonyl (C=O) groups excluding carboxylic acids is 1. The van der Waals surface area contributed by atoms with Crippen LogP contribution >= 0.6 is 0 Å². The van der Waals surface area contributed by atoms with Crippen molar-refractivity contribution < 1.29 is 9.53 Å². The van der Waals surface area contributed by atoms with Crippen LogP contribution in [0.3, 0.4) is 0 Å². The van der Waals surface area contributed by atoms with Crippen LogP contribution in [0.4, 0.5) is 0 Å². The molecule has 1 N–H and O–H groups in total. The van der Waals surface area contributed by atoms with Gasteiger partial charge in [-0.25, -0.2) is 0 Å². The Balaban J connectivity index is 2.61. The van der Waals surface area contributed by atoms with E-state index in [-0.39, 0.29) is 6.10 Å². The van der Waals surface area contributed by atoms with Crippen LogP contribution in [0.15, 0.2) is 11.2 Å². The topological polar surface area (TPSA) is 54.5 Å². The third kappa shape index (κ3) is 1.29. The lowest BCUT2D eigenvalue weighted by Crippen LogP contribution is -2.34. The van der Waals surface area contributed by atoms with Crippen LogP contribution in [0, 0.1) is 0 Å². The van der Waals surface area contributed by atoms with E-state index in [1.165, 1.54) is 0 Å². The third-order valence-corrected chi connectivity index (χ3v) is 2.14. The Hall–Kier alpha value is -1.42. The van der Waals surface area contributed by atoms with Gasteiger partial charge in [0.2, 0.25) is 0 Å². The molecule has 0 aliphatic carbocycles. The molecule has 1 aromatic rings. The number of hydrogen-bond donors (Lipinski definition) is 1. The van der Waals surface area contributed by atoms with Crippen molar-refractivity contribution in [1.82, 2.24) is 4.98 Å². The van der Waals surface area contributed by atoms with Crippen molar-refractivity contribution in [3.8, 4) is 0 Å². The summed E-state index contributed by atoms with van der Waals surface area (Å²) in [6, 6.07) is 0. The van der Waals surface area contributed by atoms with Gasteiger partial charge in [-0.2, -0.15) is 0 Å². The SMILES string of the molecule is COC1C=c2c(C=O)c[nH]c2=NC1. The summed E-state index contributed by atoms with van der Waals surface area (Å²) in [7, 11) is 1.63. The van der Waals surface area contributed by atoms with Gasteiger partial charge in [0.15, 0.2) is 6.29 Å². The van der Waals surface area contributed by atoms with Crippen molar-refractivity contribution in [3.63, 3.8) is 0 Å². The van der Waals surface area contributed by atoms with Gasteiger partial charge in [-0.05, 0) is 6.08 Å². The highest BCUT2D eigenvalue weighted by Crippen LogP contribution is 1.95. The van der Waals surface area contributed by atoms with E-state index in [2.05, 4.69) is 9.98 Å². The molecule has 1 aliphatic heterocycles. The zero-order valence-electron chi connectivity index (χ0n) is 7.28. The maximum absolute atomic E-state index is 10.6. The lowest BCUT2D eigenvalue weighted by atomic mass is 10.2. The number of ether oxygens (including phenoxy) is 1. The lowest BCUT2D eigenvalue weighted by molar-refractivity contribution is 0.112. The molecule has 0 saturated heterocycles. The molecule has 1 aliphatic rings. The number of carbonyl (C=O) groups is 1. The second-order valence-corrected chi connectivity index (χ2v) is 2.91. The van der Waals surface area contributed by atoms with Gasteiger partial charge in [0.25, 0.3) is 0 Å². The van der Waals surface area contributed by atoms with Crippen molar-refractivity contribution in [2.45, 2.75) is 6.10 Å². The Morgan fingerprint density at radius 1 is 1.77 bits per heavy atom. The quantitative estimate of drug-likeness (QED) is 0.606. The van der Waals surface area contributed by atoms with Gasteiger partial charge in [-0.3, -0.25) is 9.79 Å². The zero-order chi connectivity index (χ0) is 9.26. The smallest absolute Gasteiger partial charge is 0.152 e. The first-order valence-corrected chi connectivity index (χ1v) is 4.07. The van der Waals surface area contributed by atoms with E-state index in [0.717, 1.165) is 17.0 Å². The Kier molecular flexibility index (Phi) is 1.98. The summed E-state index contributed by atoms with van der Waals surface area (Å²) in [4.78, 5) is 17.8. The maximum Gasteiger partial charge on any atom is 0.152 e. The predicted octanol–water partition coefficient (Wildman–Crippen LogP) is -0.744. The van der Waals surface area contributed by atoms with E-state index < -0.39 is 0 Å². The van der Waals surface area contributed by atoms with E-state index in [1.807, 2.05) is 6.08 Å². The fraction of sp³-hybridized carbons (Fsp3) is 0.333. The molecule has 4 heteroatoms. The molecule has 68 valence electrons. The molecule has 0 fully saturated rings. The summed E-state index contributed by atoms with van der Waals surface area (Å²) in [5, 5.41) is 0.855. The Labute approximate surface area is 74.9 Å². The van der Waals surface area contributed by atoms with Crippen molar-refractivity contribution >= 4 is 12.4 Å². The highest BCUT2D eigenvalue weighted by atomic mass is 16.5. The fourth-order valence-electron chi connectivity index (χ4n) is 1.40. The number of fused-ring (bicyclic) bond motifs is 1. The lowest BCUT2D eigenvalue weighted by Gasteiger charge is -2.09. The first-order chi connectivity index (χ1) is 6.35. The minimum Gasteiger partial charge on any atom is -0.375 e. The number of aromatic amines is 1. The van der Waals surface area contributed by atoms with Gasteiger partial charge in [-0.15, -0.1) is 0 Å². The molecule has 0 bridgehead atoms. The van der Waals surface area contributed by atoms with Crippen LogP contribution in [0.25, 0.3) is 6.08 Å². The van der Waals surface area contributed by atoms with E-state index in [4.69, 9.17) is 4.74 Å². The highest BCUT2D eigenvalue weighted by molar-refractivity contribution is 5.75. The number of hydrogen-bond acceptors (Lipinski definition) is 3. The molecule has 1 aromatic heterocycles. The third-order valence-electron chi connectivity index (χ3n) is 2.14. The molecule has 0 aromatic carbocycles. The molecule has 0 saturated carbocycles. The fourth-order valence-corrected chi connectivity index (χ4v) is 1.40. The largest absolute Gasteiger partial charge is 0.375 e. The second-order valence-electron chi connectivity index (χ2n) is 2.91. The molecule has 13 heavy (non-hydrogen) atoms. The summed E-state index contributed by atoms with van der Waals surface area (Å²) < 4.78 is 5.14. The molecule has 4 nitrogen and oxygen atoms in total. The molecule has 0 spiro atoms. The van der Waals surface area contributed by atoms with Gasteiger partial charge in [-0.1, -0.05) is 0 Å². The number of aromatic nitrogens is 1. The number of methoxy groups -OCH3 is 1. The molecular formula is C9H10N2O2. The summed E-state index contributed by atoms with van der Waals surface area (Å²) in [6.45, 7) is 0.613. The van der Waals surface area contributed by atoms with E-state index in [1.54, 1.807) is 13.3 Å². The number of nitrogens with zero attached hydrogens (tertiary/aromatic N) is 1. The average Bonchev–Trinajstić information content (AvgIpc) is 2.59. The molecule has 2 heterocycles. The monoisotopic (exact) mass is 178 g/mol. The predicted molar refractivity (Wildman–Crippen MR) is 47.1 cm³/mol. The molecule has 0 amide bonds. The number of nitrogens with one attached hydrogen (secondary N) is 1. The molecule has 2 rings (SSSR count). The number of aldehydes is 1. The van der Waals surface area contributed by atoms with E-state index >= 15 is 0 Å². The van der Waals surface area contributed by atoms with Gasteiger partial charge in [0, 0.05) is 24.1 Å². The van der Waals surface area contributed by atoms with E-state index in [0.29, 0.717) is 12.1 Å². The molecular weight excluding hydrogens is 168 g/mol. The Bertz CT molecular complexity index is 433. The highest BCUT2D eigenvalue weighted by Gasteiger charge is 2.09. The average molecular weight is 178 g/mol. The first-order valence-electron chi connectivity index (χ1n) is 4.07. The van der Waals surface area contributed by atoms with Crippen molar-refractivity contribution in [2.75, 3.05) is 13.7 Å². The molecule has 1 unspecified atom stereocenters. The van der Waals surface area contributed by atoms with Crippen LogP contribution in [0.1, 0.15) is 10.4 Å². The Morgan fingerprint density at radius 3 is 3.31 bits per heavy atom. The minimum atomic E-state index is -0.0120. The van der Waals surface area contributed by atoms with Crippen LogP contribution in [0.5, 0.6) is 0 Å². The van der Waals surface area contributed by atoms with Crippen LogP contribution in [-0.4, -0.2) is 31.0 Å². The molecule has 1 atom stereocenters. The normalized spacial score (nSPS) is 19.9. The number of rotatable bonds is 2. The van der Waals surface area contributed by atoms with Crippen molar-refractivity contribution in [1.29, 1.82) is 0 Å². The van der Waals surface area contributed by atoms with Gasteiger partial charge < -0.3 is 9.72 Å². The van der Waals surface area contributed by atoms with Crippen LogP contribution < -0.4 is 10.7 Å². The molecule has 0 radical (unpaired) electrons. The van der Waals surface area contributed by atoms with E-state index in [9.17, 15) is 4.79 Å². The zero-order valence-corrected chi connectivity index (χ0v) is 7.28. The standard InChI is InChI=1S/C9H10N2O2/c1-13-7-2-8-6(5-12)3-10-9(8)11-4-7/h2-3,5,7H,4H2,1H3,(H,10,11). The second kappa shape index (κ2) is 3.14. The van der Waals surface area contributed by atoms with Gasteiger partial charge >= 0.3 is 0 Å². The van der Waals surface area contributed by atoms with Crippen molar-refractivity contribution in [2.24, 2.45) is 4.99 Å². The summed E-state index contributed by atoms with van der Waals surface area (Å²) >= 11 is 0. The van der Waals surface area contributed by atoms with Gasteiger partial charge in [0.1, 0.15) is 5.49 Å².